The Kier molecular flexibility index (Phi) is 5.90. The van der Waals surface area contributed by atoms with Crippen LogP contribution < -0.4 is 0 Å². The zero-order valence-electron chi connectivity index (χ0n) is 25.8. The molecule has 0 spiro atoms. The van der Waals surface area contributed by atoms with Gasteiger partial charge < -0.3 is 4.57 Å². The van der Waals surface area contributed by atoms with Crippen LogP contribution in [0.5, 0.6) is 0 Å². The van der Waals surface area contributed by atoms with Gasteiger partial charge in [-0.05, 0) is 153 Å². The molecular formula is C34H42N4. The lowest BCUT2D eigenvalue weighted by atomic mass is 9.94. The third-order valence-electron chi connectivity index (χ3n) is 9.91. The Morgan fingerprint density at radius 1 is 0.368 bits per heavy atom. The molecule has 0 radical (unpaired) electrons. The summed E-state index contributed by atoms with van der Waals surface area (Å²) in [5.41, 5.74) is 21.6. The second kappa shape index (κ2) is 8.56. The van der Waals surface area contributed by atoms with Crippen LogP contribution in [0.15, 0.2) is 0 Å². The van der Waals surface area contributed by atoms with E-state index in [0.717, 1.165) is 23.0 Å². The summed E-state index contributed by atoms with van der Waals surface area (Å²) < 4.78 is 4.71. The van der Waals surface area contributed by atoms with E-state index in [1.165, 1.54) is 88.8 Å². The first-order chi connectivity index (χ1) is 17.7. The van der Waals surface area contributed by atoms with Gasteiger partial charge in [0.25, 0.3) is 0 Å². The second-order valence-corrected chi connectivity index (χ2v) is 11.6. The highest BCUT2D eigenvalue weighted by Crippen LogP contribution is 2.39. The van der Waals surface area contributed by atoms with Gasteiger partial charge in [0.2, 0.25) is 5.95 Å². The van der Waals surface area contributed by atoms with Crippen LogP contribution >= 0.6 is 0 Å². The molecule has 0 saturated carbocycles. The van der Waals surface area contributed by atoms with Crippen molar-refractivity contribution in [3.05, 3.63) is 78.4 Å². The molecular weight excluding hydrogens is 464 g/mol. The van der Waals surface area contributed by atoms with Crippen molar-refractivity contribution in [1.29, 1.82) is 0 Å². The average molecular weight is 507 g/mol. The van der Waals surface area contributed by atoms with Crippen molar-refractivity contribution in [2.45, 2.75) is 96.9 Å². The van der Waals surface area contributed by atoms with Crippen molar-refractivity contribution >= 4 is 21.8 Å². The Labute approximate surface area is 227 Å². The molecule has 5 aromatic rings. The quantitative estimate of drug-likeness (QED) is 0.240. The molecule has 0 unspecified atom stereocenters. The zero-order valence-corrected chi connectivity index (χ0v) is 25.8. The normalized spacial score (nSPS) is 11.9. The number of hydrogen-bond donors (Lipinski definition) is 0. The van der Waals surface area contributed by atoms with E-state index < -0.39 is 0 Å². The fraction of sp³-hybridized carbons (Fsp3) is 0.412. The van der Waals surface area contributed by atoms with Crippen molar-refractivity contribution in [1.82, 2.24) is 19.1 Å². The van der Waals surface area contributed by atoms with Gasteiger partial charge in [0.05, 0.1) is 28.1 Å². The molecule has 4 heteroatoms. The second-order valence-electron chi connectivity index (χ2n) is 11.6. The molecule has 4 nitrogen and oxygen atoms in total. The van der Waals surface area contributed by atoms with Gasteiger partial charge in [-0.25, -0.2) is 9.97 Å². The molecule has 0 aliphatic rings. The fourth-order valence-electron chi connectivity index (χ4n) is 6.74. The Morgan fingerprint density at radius 3 is 1.13 bits per heavy atom. The predicted octanol–water partition coefficient (Wildman–Crippen LogP) is 8.68. The highest BCUT2D eigenvalue weighted by atomic mass is 15.2. The van der Waals surface area contributed by atoms with E-state index >= 15 is 0 Å². The van der Waals surface area contributed by atoms with E-state index in [9.17, 15) is 0 Å². The van der Waals surface area contributed by atoms with E-state index in [1.54, 1.807) is 0 Å². The number of rotatable bonds is 2. The van der Waals surface area contributed by atoms with E-state index in [1.807, 2.05) is 0 Å². The minimum absolute atomic E-state index is 0.760. The largest absolute Gasteiger partial charge is 0.310 e. The predicted molar refractivity (Wildman–Crippen MR) is 162 cm³/mol. The first kappa shape index (κ1) is 26.2. The van der Waals surface area contributed by atoms with Gasteiger partial charge in [-0.3, -0.25) is 4.57 Å². The van der Waals surface area contributed by atoms with Crippen molar-refractivity contribution in [2.75, 3.05) is 0 Å². The van der Waals surface area contributed by atoms with Crippen LogP contribution in [0.1, 0.15) is 78.4 Å². The van der Waals surface area contributed by atoms with Gasteiger partial charge in [0.15, 0.2) is 0 Å². The molecule has 5 rings (SSSR count). The summed E-state index contributed by atoms with van der Waals surface area (Å²) in [6.07, 6.45) is 0. The highest BCUT2D eigenvalue weighted by Gasteiger charge is 2.25. The summed E-state index contributed by atoms with van der Waals surface area (Å²) in [4.78, 5) is 10.4. The third-order valence-corrected chi connectivity index (χ3v) is 9.91. The number of aryl methyl sites for hydroxylation is 8. The van der Waals surface area contributed by atoms with Gasteiger partial charge >= 0.3 is 0 Å². The monoisotopic (exact) mass is 506 g/mol. The van der Waals surface area contributed by atoms with E-state index in [4.69, 9.17) is 9.97 Å². The minimum atomic E-state index is 0.760. The molecule has 0 atom stereocenters. The standard InChI is InChI=1S/C34H42N4/c1-15-17(3)21(7)31-29(19(15)5)23(9)27(13)37(31)33-25(11)35-34(36-26(33)12)38-28(14)24(10)30-20(6)16(2)18(4)22(8)32(30)38/h1-14H3. The van der Waals surface area contributed by atoms with Crippen molar-refractivity contribution in [3.8, 4) is 11.6 Å². The number of nitrogens with zero attached hydrogens (tertiary/aromatic N) is 4. The smallest absolute Gasteiger partial charge is 0.234 e. The molecule has 0 amide bonds. The number of benzene rings is 2. The van der Waals surface area contributed by atoms with E-state index in [-0.39, 0.29) is 0 Å². The molecule has 0 fully saturated rings. The summed E-state index contributed by atoms with van der Waals surface area (Å²) in [5.74, 6) is 0.760. The third kappa shape index (κ3) is 3.22. The van der Waals surface area contributed by atoms with Crippen LogP contribution in [-0.4, -0.2) is 19.1 Å². The van der Waals surface area contributed by atoms with Crippen LogP contribution in [0.4, 0.5) is 0 Å². The van der Waals surface area contributed by atoms with Gasteiger partial charge in [-0.2, -0.15) is 0 Å². The summed E-state index contributed by atoms with van der Waals surface area (Å²) >= 11 is 0. The first-order valence-electron chi connectivity index (χ1n) is 13.7. The van der Waals surface area contributed by atoms with E-state index in [2.05, 4.69) is 106 Å². The topological polar surface area (TPSA) is 35.6 Å². The van der Waals surface area contributed by atoms with Crippen LogP contribution in [0.3, 0.4) is 0 Å². The lowest BCUT2D eigenvalue weighted by Crippen LogP contribution is -2.12. The van der Waals surface area contributed by atoms with Crippen LogP contribution in [0.25, 0.3) is 33.4 Å². The highest BCUT2D eigenvalue weighted by molar-refractivity contribution is 5.95. The molecule has 0 N–H and O–H groups in total. The van der Waals surface area contributed by atoms with Gasteiger partial charge in [0.1, 0.15) is 0 Å². The Hall–Kier alpha value is -3.40. The summed E-state index contributed by atoms with van der Waals surface area (Å²) in [6.45, 7) is 31.2. The first-order valence-corrected chi connectivity index (χ1v) is 13.7. The van der Waals surface area contributed by atoms with Gasteiger partial charge in [0, 0.05) is 22.2 Å². The van der Waals surface area contributed by atoms with Crippen LogP contribution in [-0.2, 0) is 0 Å². The molecule has 0 bridgehead atoms. The van der Waals surface area contributed by atoms with Crippen molar-refractivity contribution < 1.29 is 0 Å². The zero-order chi connectivity index (χ0) is 28.1. The van der Waals surface area contributed by atoms with E-state index in [0.29, 0.717) is 0 Å². The molecule has 2 aromatic carbocycles. The molecule has 3 aromatic heterocycles. The molecule has 3 heterocycles. The van der Waals surface area contributed by atoms with Crippen molar-refractivity contribution in [3.63, 3.8) is 0 Å². The number of fused-ring (bicyclic) bond motifs is 2. The average Bonchev–Trinajstić information content (AvgIpc) is 3.28. The SMILES string of the molecule is Cc1nc(-n2c(C)c(C)c3c(C)c(C)c(C)c(C)c32)nc(C)c1-n1c(C)c(C)c2c(C)c(C)c(C)c(C)c21. The maximum atomic E-state index is 5.21. The Morgan fingerprint density at radius 2 is 0.711 bits per heavy atom. The van der Waals surface area contributed by atoms with Crippen molar-refractivity contribution in [2.24, 2.45) is 0 Å². The maximum absolute atomic E-state index is 5.21. The molecule has 0 aliphatic heterocycles. The molecule has 0 aliphatic carbocycles. The fourth-order valence-corrected chi connectivity index (χ4v) is 6.74. The maximum Gasteiger partial charge on any atom is 0.234 e. The lowest BCUT2D eigenvalue weighted by Gasteiger charge is -2.19. The summed E-state index contributed by atoms with van der Waals surface area (Å²) in [6, 6.07) is 0. The number of hydrogen-bond acceptors (Lipinski definition) is 2. The molecule has 0 saturated heterocycles. The molecule has 198 valence electrons. The Bertz CT molecular complexity index is 1820. The molecule has 38 heavy (non-hydrogen) atoms. The van der Waals surface area contributed by atoms with Gasteiger partial charge in [-0.1, -0.05) is 0 Å². The van der Waals surface area contributed by atoms with Crippen LogP contribution in [0.2, 0.25) is 0 Å². The lowest BCUT2D eigenvalue weighted by molar-refractivity contribution is 0.862. The summed E-state index contributed by atoms with van der Waals surface area (Å²) in [7, 11) is 0. The van der Waals surface area contributed by atoms with Gasteiger partial charge in [-0.15, -0.1) is 0 Å². The number of aromatic nitrogens is 4. The van der Waals surface area contributed by atoms with Crippen LogP contribution in [0, 0.1) is 96.9 Å². The summed E-state index contributed by atoms with van der Waals surface area (Å²) in [5, 5.41) is 2.71. The Balaban J connectivity index is 1.86. The minimum Gasteiger partial charge on any atom is -0.310 e.